The van der Waals surface area contributed by atoms with Crippen molar-refractivity contribution in [2.75, 3.05) is 0 Å². The lowest BCUT2D eigenvalue weighted by atomic mass is 10.1. The van der Waals surface area contributed by atoms with Crippen LogP contribution in [-0.2, 0) is 6.54 Å². The number of furan rings is 1. The fourth-order valence-electron chi connectivity index (χ4n) is 1.45. The van der Waals surface area contributed by atoms with Crippen LogP contribution in [0, 0.1) is 0 Å². The lowest BCUT2D eigenvalue weighted by Gasteiger charge is -2.12. The van der Waals surface area contributed by atoms with Gasteiger partial charge in [0.1, 0.15) is 5.76 Å². The number of hydrogen-bond donors (Lipinski definition) is 1. The molecule has 2 heterocycles. The van der Waals surface area contributed by atoms with Gasteiger partial charge in [-0.05, 0) is 42.3 Å². The van der Waals surface area contributed by atoms with Crippen LogP contribution in [0.5, 0.6) is 0 Å². The standard InChI is InChI=1S/C12H13ClN2O/c1-9(10-3-2-6-14-7-10)15-8-11-4-5-12(13)16-11/h2-7,9,15H,8H2,1H3. The number of pyridine rings is 1. The highest BCUT2D eigenvalue weighted by Crippen LogP contribution is 2.15. The second kappa shape index (κ2) is 5.14. The van der Waals surface area contributed by atoms with Crippen molar-refractivity contribution in [2.24, 2.45) is 0 Å². The van der Waals surface area contributed by atoms with E-state index < -0.39 is 0 Å². The van der Waals surface area contributed by atoms with Crippen molar-refractivity contribution in [1.82, 2.24) is 10.3 Å². The Morgan fingerprint density at radius 1 is 1.44 bits per heavy atom. The molecule has 0 aliphatic heterocycles. The molecule has 1 unspecified atom stereocenters. The average molecular weight is 237 g/mol. The number of nitrogens with one attached hydrogen (secondary N) is 1. The van der Waals surface area contributed by atoms with Gasteiger partial charge in [0.05, 0.1) is 6.54 Å². The summed E-state index contributed by atoms with van der Waals surface area (Å²) in [5, 5.41) is 3.76. The highest BCUT2D eigenvalue weighted by atomic mass is 35.5. The minimum Gasteiger partial charge on any atom is -0.448 e. The zero-order chi connectivity index (χ0) is 11.4. The van der Waals surface area contributed by atoms with Crippen LogP contribution in [-0.4, -0.2) is 4.98 Å². The van der Waals surface area contributed by atoms with Gasteiger partial charge in [0.25, 0.3) is 0 Å². The van der Waals surface area contributed by atoms with Crippen molar-refractivity contribution in [3.05, 3.63) is 53.2 Å². The Balaban J connectivity index is 1.91. The van der Waals surface area contributed by atoms with Gasteiger partial charge in [-0.1, -0.05) is 6.07 Å². The molecular weight excluding hydrogens is 224 g/mol. The molecule has 2 aromatic rings. The summed E-state index contributed by atoms with van der Waals surface area (Å²) in [7, 11) is 0. The Morgan fingerprint density at radius 2 is 2.31 bits per heavy atom. The van der Waals surface area contributed by atoms with E-state index in [9.17, 15) is 0 Å². The van der Waals surface area contributed by atoms with Gasteiger partial charge >= 0.3 is 0 Å². The van der Waals surface area contributed by atoms with E-state index in [-0.39, 0.29) is 6.04 Å². The molecule has 2 rings (SSSR count). The third kappa shape index (κ3) is 2.84. The molecular formula is C12H13ClN2O. The van der Waals surface area contributed by atoms with Crippen LogP contribution in [0.1, 0.15) is 24.3 Å². The van der Waals surface area contributed by atoms with Crippen molar-refractivity contribution in [3.8, 4) is 0 Å². The number of aromatic nitrogens is 1. The molecule has 0 saturated carbocycles. The maximum absolute atomic E-state index is 5.69. The molecule has 0 aliphatic rings. The maximum Gasteiger partial charge on any atom is 0.193 e. The molecule has 0 aromatic carbocycles. The molecule has 1 N–H and O–H groups in total. The van der Waals surface area contributed by atoms with Crippen LogP contribution in [0.25, 0.3) is 0 Å². The van der Waals surface area contributed by atoms with Crippen LogP contribution < -0.4 is 5.32 Å². The van der Waals surface area contributed by atoms with Gasteiger partial charge in [-0.3, -0.25) is 4.98 Å². The van der Waals surface area contributed by atoms with E-state index >= 15 is 0 Å². The maximum atomic E-state index is 5.69. The lowest BCUT2D eigenvalue weighted by Crippen LogP contribution is -2.17. The predicted octanol–water partition coefficient (Wildman–Crippen LogP) is 3.18. The molecule has 0 aliphatic carbocycles. The Bertz CT molecular complexity index is 441. The number of hydrogen-bond acceptors (Lipinski definition) is 3. The van der Waals surface area contributed by atoms with Gasteiger partial charge in [-0.2, -0.15) is 0 Å². The summed E-state index contributed by atoms with van der Waals surface area (Å²) in [5.74, 6) is 0.834. The predicted molar refractivity (Wildman–Crippen MR) is 63.2 cm³/mol. The van der Waals surface area contributed by atoms with Crippen LogP contribution in [0.3, 0.4) is 0 Å². The lowest BCUT2D eigenvalue weighted by molar-refractivity contribution is 0.461. The number of rotatable bonds is 4. The molecule has 84 valence electrons. The van der Waals surface area contributed by atoms with Gasteiger partial charge in [-0.15, -0.1) is 0 Å². The van der Waals surface area contributed by atoms with E-state index in [0.717, 1.165) is 11.3 Å². The number of nitrogens with zero attached hydrogens (tertiary/aromatic N) is 1. The summed E-state index contributed by atoms with van der Waals surface area (Å²) in [4.78, 5) is 4.08. The van der Waals surface area contributed by atoms with E-state index in [0.29, 0.717) is 11.8 Å². The van der Waals surface area contributed by atoms with Crippen LogP contribution in [0.4, 0.5) is 0 Å². The van der Waals surface area contributed by atoms with Crippen molar-refractivity contribution < 1.29 is 4.42 Å². The SMILES string of the molecule is CC(NCc1ccc(Cl)o1)c1cccnc1. The van der Waals surface area contributed by atoms with Gasteiger partial charge in [0, 0.05) is 18.4 Å². The molecule has 0 saturated heterocycles. The molecule has 1 atom stereocenters. The Morgan fingerprint density at radius 3 is 2.94 bits per heavy atom. The Kier molecular flexibility index (Phi) is 3.59. The highest BCUT2D eigenvalue weighted by molar-refractivity contribution is 6.28. The Labute approximate surface area is 99.5 Å². The van der Waals surface area contributed by atoms with E-state index in [4.69, 9.17) is 16.0 Å². The highest BCUT2D eigenvalue weighted by Gasteiger charge is 2.06. The van der Waals surface area contributed by atoms with Crippen LogP contribution in [0.2, 0.25) is 5.22 Å². The van der Waals surface area contributed by atoms with Crippen molar-refractivity contribution in [3.63, 3.8) is 0 Å². The fourth-order valence-corrected chi connectivity index (χ4v) is 1.61. The van der Waals surface area contributed by atoms with Crippen LogP contribution in [0.15, 0.2) is 41.1 Å². The first-order valence-electron chi connectivity index (χ1n) is 5.13. The quantitative estimate of drug-likeness (QED) is 0.886. The van der Waals surface area contributed by atoms with E-state index in [1.54, 1.807) is 12.3 Å². The summed E-state index contributed by atoms with van der Waals surface area (Å²) < 4.78 is 5.26. The largest absolute Gasteiger partial charge is 0.448 e. The van der Waals surface area contributed by atoms with E-state index in [1.165, 1.54) is 0 Å². The fraction of sp³-hybridized carbons (Fsp3) is 0.250. The molecule has 16 heavy (non-hydrogen) atoms. The monoisotopic (exact) mass is 236 g/mol. The molecule has 3 nitrogen and oxygen atoms in total. The smallest absolute Gasteiger partial charge is 0.193 e. The van der Waals surface area contributed by atoms with Gasteiger partial charge in [-0.25, -0.2) is 0 Å². The average Bonchev–Trinajstić information content (AvgIpc) is 2.73. The third-order valence-corrected chi connectivity index (χ3v) is 2.60. The second-order valence-electron chi connectivity index (χ2n) is 3.59. The molecule has 0 bridgehead atoms. The van der Waals surface area contributed by atoms with Crippen LogP contribution >= 0.6 is 11.6 Å². The van der Waals surface area contributed by atoms with Gasteiger partial charge in [0.2, 0.25) is 0 Å². The first-order chi connectivity index (χ1) is 7.75. The minimum absolute atomic E-state index is 0.234. The summed E-state index contributed by atoms with van der Waals surface area (Å²) in [5.41, 5.74) is 1.15. The molecule has 0 amide bonds. The summed E-state index contributed by atoms with van der Waals surface area (Å²) in [6.07, 6.45) is 3.62. The molecule has 0 radical (unpaired) electrons. The minimum atomic E-state index is 0.234. The molecule has 0 fully saturated rings. The number of halogens is 1. The van der Waals surface area contributed by atoms with E-state index in [1.807, 2.05) is 24.4 Å². The first kappa shape index (κ1) is 11.2. The molecule has 0 spiro atoms. The topological polar surface area (TPSA) is 38.1 Å². The van der Waals surface area contributed by atoms with Gasteiger partial charge in [0.15, 0.2) is 5.22 Å². The van der Waals surface area contributed by atoms with E-state index in [2.05, 4.69) is 17.2 Å². The molecule has 2 aromatic heterocycles. The zero-order valence-electron chi connectivity index (χ0n) is 8.98. The van der Waals surface area contributed by atoms with Crippen molar-refractivity contribution in [1.29, 1.82) is 0 Å². The normalized spacial score (nSPS) is 12.6. The summed E-state index contributed by atoms with van der Waals surface area (Å²) in [6.45, 7) is 2.74. The Hall–Kier alpha value is -1.32. The molecule has 4 heteroatoms. The third-order valence-electron chi connectivity index (χ3n) is 2.40. The van der Waals surface area contributed by atoms with Crippen molar-refractivity contribution in [2.45, 2.75) is 19.5 Å². The first-order valence-corrected chi connectivity index (χ1v) is 5.51. The summed E-state index contributed by atoms with van der Waals surface area (Å²) >= 11 is 5.69. The zero-order valence-corrected chi connectivity index (χ0v) is 9.74. The second-order valence-corrected chi connectivity index (χ2v) is 3.97. The van der Waals surface area contributed by atoms with Gasteiger partial charge < -0.3 is 9.73 Å². The summed E-state index contributed by atoms with van der Waals surface area (Å²) in [6, 6.07) is 7.81. The van der Waals surface area contributed by atoms with Crippen molar-refractivity contribution >= 4 is 11.6 Å².